The van der Waals surface area contributed by atoms with Gasteiger partial charge in [0.15, 0.2) is 6.61 Å². The number of furan rings is 1. The first-order valence-corrected chi connectivity index (χ1v) is 7.07. The van der Waals surface area contributed by atoms with Gasteiger partial charge in [-0.2, -0.15) is 5.26 Å². The summed E-state index contributed by atoms with van der Waals surface area (Å²) in [6, 6.07) is 9.05. The van der Waals surface area contributed by atoms with Crippen LogP contribution in [0.4, 0.5) is 5.88 Å². The molecule has 0 fully saturated rings. The third kappa shape index (κ3) is 3.73. The van der Waals surface area contributed by atoms with E-state index in [-0.39, 0.29) is 29.4 Å². The van der Waals surface area contributed by atoms with Gasteiger partial charge in [-0.25, -0.2) is 4.79 Å². The van der Waals surface area contributed by atoms with Crippen LogP contribution in [0.3, 0.4) is 0 Å². The van der Waals surface area contributed by atoms with E-state index in [4.69, 9.17) is 9.15 Å². The predicted octanol–water partition coefficient (Wildman–Crippen LogP) is 2.57. The Morgan fingerprint density at radius 3 is 2.50 bits per heavy atom. The van der Waals surface area contributed by atoms with E-state index in [2.05, 4.69) is 10.1 Å². The Bertz CT molecular complexity index is 800. The number of carbonyl (C=O) groups is 2. The predicted molar refractivity (Wildman–Crippen MR) is 84.8 cm³/mol. The molecule has 1 aromatic carbocycles. The van der Waals surface area contributed by atoms with Gasteiger partial charge in [-0.15, -0.1) is 0 Å². The van der Waals surface area contributed by atoms with Crippen molar-refractivity contribution in [2.24, 2.45) is 0 Å². The van der Waals surface area contributed by atoms with E-state index in [0.29, 0.717) is 5.75 Å². The molecule has 7 heteroatoms. The minimum Gasteiger partial charge on any atom is -0.484 e. The fraction of sp³-hybridized carbons (Fsp3) is 0.235. The number of aryl methyl sites for hydroxylation is 2. The van der Waals surface area contributed by atoms with Crippen molar-refractivity contribution in [2.75, 3.05) is 19.0 Å². The highest BCUT2D eigenvalue weighted by Gasteiger charge is 2.25. The third-order valence-electron chi connectivity index (χ3n) is 3.23. The number of nitrogens with zero attached hydrogens (tertiary/aromatic N) is 1. The number of carbonyl (C=O) groups excluding carboxylic acids is 2. The number of esters is 1. The van der Waals surface area contributed by atoms with Crippen molar-refractivity contribution in [2.45, 2.75) is 13.8 Å². The standard InChI is InChI=1S/C17H16N2O5/c1-10-4-6-12(7-5-10)23-9-14(20)19-16-13(8-18)15(11(2)24-16)17(21)22-3/h4-7H,9H2,1-3H3,(H,19,20). The molecule has 24 heavy (non-hydrogen) atoms. The van der Waals surface area contributed by atoms with Crippen molar-refractivity contribution in [1.29, 1.82) is 5.26 Å². The molecule has 0 unspecified atom stereocenters. The maximum atomic E-state index is 12.0. The van der Waals surface area contributed by atoms with Gasteiger partial charge in [-0.3, -0.25) is 10.1 Å². The molecule has 0 saturated carbocycles. The number of hydrogen-bond acceptors (Lipinski definition) is 6. The molecule has 7 nitrogen and oxygen atoms in total. The normalized spacial score (nSPS) is 9.92. The van der Waals surface area contributed by atoms with Crippen LogP contribution in [0.2, 0.25) is 0 Å². The monoisotopic (exact) mass is 328 g/mol. The molecule has 1 aromatic heterocycles. The molecule has 0 aliphatic heterocycles. The number of rotatable bonds is 5. The minimum atomic E-state index is -0.704. The van der Waals surface area contributed by atoms with Crippen molar-refractivity contribution in [3.63, 3.8) is 0 Å². The lowest BCUT2D eigenvalue weighted by molar-refractivity contribution is -0.118. The van der Waals surface area contributed by atoms with Crippen LogP contribution in [0.15, 0.2) is 28.7 Å². The van der Waals surface area contributed by atoms with Gasteiger partial charge in [-0.05, 0) is 26.0 Å². The van der Waals surface area contributed by atoms with Gasteiger partial charge in [0.25, 0.3) is 5.91 Å². The summed E-state index contributed by atoms with van der Waals surface area (Å²) >= 11 is 0. The second kappa shape index (κ2) is 7.33. The van der Waals surface area contributed by atoms with Crippen LogP contribution in [0.25, 0.3) is 0 Å². The summed E-state index contributed by atoms with van der Waals surface area (Å²) in [6.45, 7) is 3.19. The van der Waals surface area contributed by atoms with E-state index >= 15 is 0 Å². The topological polar surface area (TPSA) is 102 Å². The largest absolute Gasteiger partial charge is 0.484 e. The SMILES string of the molecule is COC(=O)c1c(C)oc(NC(=O)COc2ccc(C)cc2)c1C#N. The van der Waals surface area contributed by atoms with Crippen molar-refractivity contribution in [3.8, 4) is 11.8 Å². The van der Waals surface area contributed by atoms with E-state index in [1.54, 1.807) is 12.1 Å². The number of benzene rings is 1. The van der Waals surface area contributed by atoms with Crippen LogP contribution in [-0.4, -0.2) is 25.6 Å². The molecule has 1 amide bonds. The second-order valence-electron chi connectivity index (χ2n) is 4.99. The lowest BCUT2D eigenvalue weighted by Crippen LogP contribution is -2.20. The summed E-state index contributed by atoms with van der Waals surface area (Å²) in [7, 11) is 1.20. The van der Waals surface area contributed by atoms with Gasteiger partial charge in [0.05, 0.1) is 7.11 Å². The van der Waals surface area contributed by atoms with Crippen molar-refractivity contribution < 1.29 is 23.5 Å². The summed E-state index contributed by atoms with van der Waals surface area (Å²) in [5.41, 5.74) is 0.990. The number of anilines is 1. The van der Waals surface area contributed by atoms with Crippen LogP contribution in [-0.2, 0) is 9.53 Å². The van der Waals surface area contributed by atoms with Crippen molar-refractivity contribution in [1.82, 2.24) is 0 Å². The van der Waals surface area contributed by atoms with Crippen LogP contribution < -0.4 is 10.1 Å². The lowest BCUT2D eigenvalue weighted by Gasteiger charge is -2.06. The number of amides is 1. The van der Waals surface area contributed by atoms with Gasteiger partial charge >= 0.3 is 5.97 Å². The molecule has 0 aliphatic rings. The molecule has 0 radical (unpaired) electrons. The Balaban J connectivity index is 2.08. The molecule has 1 heterocycles. The maximum absolute atomic E-state index is 12.0. The molecule has 0 aliphatic carbocycles. The van der Waals surface area contributed by atoms with E-state index < -0.39 is 11.9 Å². The van der Waals surface area contributed by atoms with Crippen molar-refractivity contribution in [3.05, 3.63) is 46.7 Å². The molecule has 0 atom stereocenters. The summed E-state index contributed by atoms with van der Waals surface area (Å²) < 4.78 is 15.2. The molecule has 1 N–H and O–H groups in total. The first kappa shape index (κ1) is 17.1. The molecule has 124 valence electrons. The molecule has 0 spiro atoms. The molecule has 0 saturated heterocycles. The second-order valence-corrected chi connectivity index (χ2v) is 4.99. The Kier molecular flexibility index (Phi) is 5.22. The summed E-state index contributed by atoms with van der Waals surface area (Å²) in [6.07, 6.45) is 0. The number of methoxy groups -OCH3 is 1. The number of nitrogens with one attached hydrogen (secondary N) is 1. The average molecular weight is 328 g/mol. The first-order valence-electron chi connectivity index (χ1n) is 7.07. The summed E-state index contributed by atoms with van der Waals surface area (Å²) in [4.78, 5) is 23.6. The Morgan fingerprint density at radius 1 is 1.25 bits per heavy atom. The van der Waals surface area contributed by atoms with Crippen LogP contribution >= 0.6 is 0 Å². The molecular weight excluding hydrogens is 312 g/mol. The molecule has 0 bridgehead atoms. The maximum Gasteiger partial charge on any atom is 0.342 e. The zero-order chi connectivity index (χ0) is 17.7. The fourth-order valence-electron chi connectivity index (χ4n) is 2.03. The van der Waals surface area contributed by atoms with E-state index in [1.165, 1.54) is 14.0 Å². The highest BCUT2D eigenvalue weighted by Crippen LogP contribution is 2.27. The molecule has 2 rings (SSSR count). The van der Waals surface area contributed by atoms with E-state index in [9.17, 15) is 14.9 Å². The van der Waals surface area contributed by atoms with Gasteiger partial charge in [0.2, 0.25) is 5.88 Å². The number of nitriles is 1. The van der Waals surface area contributed by atoms with Gasteiger partial charge < -0.3 is 13.9 Å². The Labute approximate surface area is 138 Å². The Morgan fingerprint density at radius 2 is 1.92 bits per heavy atom. The zero-order valence-electron chi connectivity index (χ0n) is 13.5. The lowest BCUT2D eigenvalue weighted by atomic mass is 10.1. The van der Waals surface area contributed by atoms with Gasteiger partial charge in [0.1, 0.15) is 28.7 Å². The zero-order valence-corrected chi connectivity index (χ0v) is 13.5. The third-order valence-corrected chi connectivity index (χ3v) is 3.23. The van der Waals surface area contributed by atoms with E-state index in [1.807, 2.05) is 25.1 Å². The van der Waals surface area contributed by atoms with E-state index in [0.717, 1.165) is 5.56 Å². The first-order chi connectivity index (χ1) is 11.5. The number of ether oxygens (including phenoxy) is 2. The summed E-state index contributed by atoms with van der Waals surface area (Å²) in [5.74, 6) is -0.593. The van der Waals surface area contributed by atoms with Crippen molar-refractivity contribution >= 4 is 17.8 Å². The van der Waals surface area contributed by atoms with Crippen LogP contribution in [0, 0.1) is 25.2 Å². The Hall–Kier alpha value is -3.27. The van der Waals surface area contributed by atoms with Gasteiger partial charge in [-0.1, -0.05) is 17.7 Å². The molecular formula is C17H16N2O5. The fourth-order valence-corrected chi connectivity index (χ4v) is 2.03. The van der Waals surface area contributed by atoms with Crippen LogP contribution in [0.1, 0.15) is 27.2 Å². The molecule has 2 aromatic rings. The number of hydrogen-bond donors (Lipinski definition) is 1. The smallest absolute Gasteiger partial charge is 0.342 e. The highest BCUT2D eigenvalue weighted by atomic mass is 16.5. The quantitative estimate of drug-likeness (QED) is 0.846. The highest BCUT2D eigenvalue weighted by molar-refractivity contribution is 5.98. The van der Waals surface area contributed by atoms with Crippen LogP contribution in [0.5, 0.6) is 5.75 Å². The summed E-state index contributed by atoms with van der Waals surface area (Å²) in [5, 5.41) is 11.6. The minimum absolute atomic E-state index is 0.00486. The van der Waals surface area contributed by atoms with Gasteiger partial charge in [0, 0.05) is 0 Å². The average Bonchev–Trinajstić information content (AvgIpc) is 2.88.